The number of anilines is 1. The average molecular weight is 353 g/mol. The predicted molar refractivity (Wildman–Crippen MR) is 97.8 cm³/mol. The summed E-state index contributed by atoms with van der Waals surface area (Å²) in [5.41, 5.74) is 5.04. The van der Waals surface area contributed by atoms with Crippen LogP contribution >= 0.6 is 22.7 Å². The third-order valence-corrected chi connectivity index (χ3v) is 6.41. The van der Waals surface area contributed by atoms with Crippen molar-refractivity contribution < 1.29 is 4.79 Å². The van der Waals surface area contributed by atoms with Gasteiger partial charge < -0.3 is 5.32 Å². The second-order valence-corrected chi connectivity index (χ2v) is 8.15. The number of aromatic nitrogens is 1. The molecule has 24 heavy (non-hydrogen) atoms. The van der Waals surface area contributed by atoms with Crippen molar-refractivity contribution in [3.8, 4) is 6.07 Å². The fraction of sp³-hybridized carbons (Fsp3) is 0.278. The molecule has 2 aromatic heterocycles. The van der Waals surface area contributed by atoms with Crippen molar-refractivity contribution in [2.45, 2.75) is 26.2 Å². The van der Waals surface area contributed by atoms with Gasteiger partial charge in [0.15, 0.2) is 0 Å². The Balaban J connectivity index is 1.65. The first-order valence-corrected chi connectivity index (χ1v) is 9.54. The molecule has 1 unspecified atom stereocenters. The van der Waals surface area contributed by atoms with Crippen LogP contribution in [0, 0.1) is 17.2 Å². The first-order valence-electron chi connectivity index (χ1n) is 7.85. The number of benzene rings is 1. The quantitative estimate of drug-likeness (QED) is 0.732. The van der Waals surface area contributed by atoms with Crippen LogP contribution in [0.5, 0.6) is 0 Å². The Kier molecular flexibility index (Phi) is 3.83. The lowest BCUT2D eigenvalue weighted by atomic mass is 9.88. The lowest BCUT2D eigenvalue weighted by Gasteiger charge is -2.17. The van der Waals surface area contributed by atoms with E-state index in [2.05, 4.69) is 23.3 Å². The Bertz CT molecular complexity index is 980. The number of nitrogens with one attached hydrogen (secondary N) is 1. The smallest absolute Gasteiger partial charge is 0.256 e. The monoisotopic (exact) mass is 353 g/mol. The van der Waals surface area contributed by atoms with Gasteiger partial charge >= 0.3 is 0 Å². The molecule has 120 valence electrons. The summed E-state index contributed by atoms with van der Waals surface area (Å²) in [6.45, 7) is 2.23. The highest BCUT2D eigenvalue weighted by Crippen LogP contribution is 2.39. The van der Waals surface area contributed by atoms with Gasteiger partial charge in [0.05, 0.1) is 21.3 Å². The number of rotatable bonds is 2. The summed E-state index contributed by atoms with van der Waals surface area (Å²) in [6, 6.07) is 7.77. The van der Waals surface area contributed by atoms with Crippen molar-refractivity contribution in [3.05, 3.63) is 45.3 Å². The molecule has 0 bridgehead atoms. The van der Waals surface area contributed by atoms with Gasteiger partial charge in [-0.15, -0.1) is 22.7 Å². The number of hydrogen-bond acceptors (Lipinski definition) is 5. The number of nitriles is 1. The summed E-state index contributed by atoms with van der Waals surface area (Å²) >= 11 is 3.07. The molecule has 1 aliphatic rings. The molecule has 1 N–H and O–H groups in total. The molecule has 1 aromatic carbocycles. The van der Waals surface area contributed by atoms with Gasteiger partial charge in [-0.05, 0) is 48.9 Å². The van der Waals surface area contributed by atoms with E-state index in [1.54, 1.807) is 22.9 Å². The Morgan fingerprint density at radius 1 is 1.46 bits per heavy atom. The number of thiophene rings is 1. The van der Waals surface area contributed by atoms with Crippen LogP contribution in [-0.2, 0) is 12.8 Å². The number of fused-ring (bicyclic) bond motifs is 2. The Morgan fingerprint density at radius 3 is 3.17 bits per heavy atom. The summed E-state index contributed by atoms with van der Waals surface area (Å²) < 4.78 is 0.988. The Hall–Kier alpha value is -2.23. The molecule has 1 amide bonds. The third kappa shape index (κ3) is 2.60. The zero-order chi connectivity index (χ0) is 16.7. The summed E-state index contributed by atoms with van der Waals surface area (Å²) in [6.07, 6.45) is 3.03. The van der Waals surface area contributed by atoms with Gasteiger partial charge in [0, 0.05) is 10.4 Å². The van der Waals surface area contributed by atoms with Crippen LogP contribution in [-0.4, -0.2) is 10.9 Å². The molecule has 1 atom stereocenters. The van der Waals surface area contributed by atoms with E-state index in [1.165, 1.54) is 16.2 Å². The molecule has 1 aliphatic carbocycles. The van der Waals surface area contributed by atoms with E-state index in [1.807, 2.05) is 12.1 Å². The van der Waals surface area contributed by atoms with Crippen molar-refractivity contribution in [3.63, 3.8) is 0 Å². The molecule has 3 aromatic rings. The van der Waals surface area contributed by atoms with Gasteiger partial charge in [-0.3, -0.25) is 4.79 Å². The number of hydrogen-bond donors (Lipinski definition) is 1. The van der Waals surface area contributed by atoms with Gasteiger partial charge in [-0.25, -0.2) is 4.98 Å². The average Bonchev–Trinajstić information content (AvgIpc) is 3.17. The van der Waals surface area contributed by atoms with E-state index in [9.17, 15) is 10.1 Å². The molecule has 0 radical (unpaired) electrons. The number of carbonyl (C=O) groups excluding carboxylic acids is 1. The molecule has 6 heteroatoms. The van der Waals surface area contributed by atoms with Gasteiger partial charge in [0.1, 0.15) is 11.1 Å². The topological polar surface area (TPSA) is 65.8 Å². The molecule has 4 rings (SSSR count). The normalized spacial score (nSPS) is 16.6. The minimum absolute atomic E-state index is 0.173. The number of carbonyl (C=O) groups is 1. The van der Waals surface area contributed by atoms with E-state index in [0.29, 0.717) is 22.0 Å². The van der Waals surface area contributed by atoms with Crippen LogP contribution < -0.4 is 5.32 Å². The zero-order valence-corrected chi connectivity index (χ0v) is 14.8. The molecule has 0 fully saturated rings. The predicted octanol–water partition coefficient (Wildman–Crippen LogP) is 4.61. The molecule has 0 saturated carbocycles. The molecule has 0 aliphatic heterocycles. The van der Waals surface area contributed by atoms with Crippen molar-refractivity contribution in [1.29, 1.82) is 5.26 Å². The van der Waals surface area contributed by atoms with Crippen molar-refractivity contribution >= 4 is 43.8 Å². The van der Waals surface area contributed by atoms with Crippen LogP contribution in [0.15, 0.2) is 23.7 Å². The van der Waals surface area contributed by atoms with Gasteiger partial charge in [0.25, 0.3) is 5.91 Å². The second kappa shape index (κ2) is 6.00. The summed E-state index contributed by atoms with van der Waals surface area (Å²) in [5, 5.41) is 13.2. The largest absolute Gasteiger partial charge is 0.312 e. The molecular weight excluding hydrogens is 338 g/mol. The first-order chi connectivity index (χ1) is 11.7. The highest BCUT2D eigenvalue weighted by molar-refractivity contribution is 7.17. The summed E-state index contributed by atoms with van der Waals surface area (Å²) in [4.78, 5) is 18.1. The van der Waals surface area contributed by atoms with Crippen LogP contribution in [0.4, 0.5) is 5.00 Å². The maximum absolute atomic E-state index is 12.6. The van der Waals surface area contributed by atoms with Crippen molar-refractivity contribution in [2.24, 2.45) is 5.92 Å². The molecular formula is C18H15N3OS2. The van der Waals surface area contributed by atoms with E-state index in [-0.39, 0.29) is 5.91 Å². The Morgan fingerprint density at radius 2 is 2.33 bits per heavy atom. The van der Waals surface area contributed by atoms with E-state index in [0.717, 1.165) is 35.0 Å². The summed E-state index contributed by atoms with van der Waals surface area (Å²) in [5.74, 6) is 0.466. The van der Waals surface area contributed by atoms with E-state index >= 15 is 0 Å². The van der Waals surface area contributed by atoms with Crippen LogP contribution in [0.25, 0.3) is 10.2 Å². The summed E-state index contributed by atoms with van der Waals surface area (Å²) in [7, 11) is 0. The SMILES string of the molecule is CC1CCc2c(sc(NC(=O)c3ccc4ncsc4c3)c2C#N)C1. The minimum Gasteiger partial charge on any atom is -0.312 e. The third-order valence-electron chi connectivity index (χ3n) is 4.44. The first kappa shape index (κ1) is 15.3. The number of nitrogens with zero attached hydrogens (tertiary/aromatic N) is 2. The maximum atomic E-state index is 12.6. The lowest BCUT2D eigenvalue weighted by molar-refractivity contribution is 0.102. The van der Waals surface area contributed by atoms with Crippen molar-refractivity contribution in [2.75, 3.05) is 5.32 Å². The molecule has 0 spiro atoms. The second-order valence-electron chi connectivity index (χ2n) is 6.16. The zero-order valence-electron chi connectivity index (χ0n) is 13.1. The van der Waals surface area contributed by atoms with Crippen molar-refractivity contribution in [1.82, 2.24) is 4.98 Å². The minimum atomic E-state index is -0.173. The van der Waals surface area contributed by atoms with Crippen LogP contribution in [0.1, 0.15) is 39.7 Å². The number of thiazole rings is 1. The Labute approximate surface area is 147 Å². The fourth-order valence-electron chi connectivity index (χ4n) is 3.13. The van der Waals surface area contributed by atoms with Gasteiger partial charge in [0.2, 0.25) is 0 Å². The number of amides is 1. The van der Waals surface area contributed by atoms with Crippen LogP contribution in [0.3, 0.4) is 0 Å². The molecule has 4 nitrogen and oxygen atoms in total. The molecule has 2 heterocycles. The van der Waals surface area contributed by atoms with Gasteiger partial charge in [-0.1, -0.05) is 6.92 Å². The van der Waals surface area contributed by atoms with E-state index in [4.69, 9.17) is 0 Å². The lowest BCUT2D eigenvalue weighted by Crippen LogP contribution is -2.12. The van der Waals surface area contributed by atoms with Crippen LogP contribution in [0.2, 0.25) is 0 Å². The maximum Gasteiger partial charge on any atom is 0.256 e. The van der Waals surface area contributed by atoms with Gasteiger partial charge in [-0.2, -0.15) is 5.26 Å². The molecule has 0 saturated heterocycles. The standard InChI is InChI=1S/C18H15N3OS2/c1-10-2-4-12-13(8-19)18(24-15(12)6-10)21-17(22)11-3-5-14-16(7-11)23-9-20-14/h3,5,7,9-10H,2,4,6H2,1H3,(H,21,22). The fourth-order valence-corrected chi connectivity index (χ4v) is 5.20. The van der Waals surface area contributed by atoms with E-state index < -0.39 is 0 Å². The highest BCUT2D eigenvalue weighted by Gasteiger charge is 2.24. The highest BCUT2D eigenvalue weighted by atomic mass is 32.1.